The molecule has 7 heterocycles. The van der Waals surface area contributed by atoms with Gasteiger partial charge in [0.05, 0.1) is 6.04 Å². The zero-order valence-corrected chi connectivity index (χ0v) is 36.8. The van der Waals surface area contributed by atoms with Gasteiger partial charge < -0.3 is 35.4 Å². The molecule has 16 nitrogen and oxygen atoms in total. The fraction of sp³-hybridized carbons (Fsp3) is 0.469. The van der Waals surface area contributed by atoms with Gasteiger partial charge in [-0.25, -0.2) is 9.48 Å². The third kappa shape index (κ3) is 8.75. The highest BCUT2D eigenvalue weighted by Gasteiger charge is 2.40. The number of imide groups is 1. The van der Waals surface area contributed by atoms with Crippen molar-refractivity contribution in [3.63, 3.8) is 0 Å². The Balaban J connectivity index is 0.669. The molecule has 6 amide bonds. The quantitative estimate of drug-likeness (QED) is 0.177. The van der Waals surface area contributed by atoms with Gasteiger partial charge in [-0.05, 0) is 123 Å². The zero-order valence-electron chi connectivity index (χ0n) is 36.8. The van der Waals surface area contributed by atoms with E-state index < -0.39 is 11.9 Å². The number of carbonyl (C=O) groups is 5. The van der Waals surface area contributed by atoms with Crippen molar-refractivity contribution in [1.82, 2.24) is 34.7 Å². The molecule has 4 fully saturated rings. The van der Waals surface area contributed by atoms with Crippen LogP contribution in [0, 0.1) is 11.8 Å². The molecular weight excluding hydrogens is 825 g/mol. The minimum Gasteiger partial charge on any atom is -0.457 e. The summed E-state index contributed by atoms with van der Waals surface area (Å²) in [6.45, 7) is 8.71. The van der Waals surface area contributed by atoms with E-state index in [1.807, 2.05) is 81.2 Å². The minimum atomic E-state index is -0.604. The van der Waals surface area contributed by atoms with E-state index >= 15 is 0 Å². The fourth-order valence-electron chi connectivity index (χ4n) is 10.9. The number of piperidine rings is 3. The van der Waals surface area contributed by atoms with Gasteiger partial charge in [0.2, 0.25) is 11.8 Å². The number of aromatic nitrogens is 2. The summed E-state index contributed by atoms with van der Waals surface area (Å²) in [6, 6.07) is 22.8. The van der Waals surface area contributed by atoms with Crippen LogP contribution in [0.4, 0.5) is 16.3 Å². The number of fused-ring (bicyclic) bond motifs is 2. The van der Waals surface area contributed by atoms with Crippen LogP contribution in [-0.4, -0.2) is 131 Å². The first-order valence-electron chi connectivity index (χ1n) is 23.4. The lowest BCUT2D eigenvalue weighted by atomic mass is 9.87. The lowest BCUT2D eigenvalue weighted by molar-refractivity contribution is -0.136. The van der Waals surface area contributed by atoms with Crippen LogP contribution in [0.5, 0.6) is 11.5 Å². The van der Waals surface area contributed by atoms with E-state index in [0.29, 0.717) is 66.3 Å². The topological polar surface area (TPSA) is 179 Å². The molecular formula is C49H58N10O6. The molecule has 0 spiro atoms. The van der Waals surface area contributed by atoms with Gasteiger partial charge >= 0.3 is 6.03 Å². The highest BCUT2D eigenvalue weighted by atomic mass is 16.5. The van der Waals surface area contributed by atoms with E-state index in [0.717, 1.165) is 113 Å². The summed E-state index contributed by atoms with van der Waals surface area (Å²) in [7, 11) is 0. The van der Waals surface area contributed by atoms with E-state index in [-0.39, 0.29) is 36.2 Å². The van der Waals surface area contributed by atoms with Crippen LogP contribution in [0.3, 0.4) is 0 Å². The molecule has 4 N–H and O–H groups in total. The Morgan fingerprint density at radius 2 is 1.51 bits per heavy atom. The Morgan fingerprint density at radius 3 is 2.23 bits per heavy atom. The molecule has 6 aliphatic heterocycles. The smallest absolute Gasteiger partial charge is 0.320 e. The standard InChI is InChI=1S/C49H58N10O6/c50-45(61)43-44(34-6-9-38(10-7-34)65-37-4-2-1-3-5-37)53-59-40(14-20-51-46(43)59)33-18-24-56(25-19-33)49(64)57-28-26-54(27-29-57)21-15-32-16-22-55(23-17-32)36-8-11-39-35(30-36)31-58(48(39)63)41-12-13-42(60)52-47(41)62/h1-11,30,32-33,40-41,51H,12-29,31H2,(H2,50,61)(H,52,60,62)/t40-,41?/m0/s1. The lowest BCUT2D eigenvalue weighted by Gasteiger charge is -2.42. The third-order valence-electron chi connectivity index (χ3n) is 14.6. The molecule has 340 valence electrons. The van der Waals surface area contributed by atoms with Crippen LogP contribution in [0.15, 0.2) is 72.8 Å². The molecule has 0 saturated carbocycles. The number of nitrogens with zero attached hydrogens (tertiary/aromatic N) is 7. The first kappa shape index (κ1) is 42.5. The number of urea groups is 1. The van der Waals surface area contributed by atoms with Gasteiger partial charge in [0.15, 0.2) is 0 Å². The molecule has 16 heteroatoms. The summed E-state index contributed by atoms with van der Waals surface area (Å²) in [5, 5.41) is 10.8. The van der Waals surface area contributed by atoms with Crippen LogP contribution in [0.25, 0.3) is 11.3 Å². The second-order valence-corrected chi connectivity index (χ2v) is 18.5. The Kier molecular flexibility index (Phi) is 11.9. The number of carbonyl (C=O) groups excluding carboxylic acids is 5. The molecule has 4 saturated heterocycles. The maximum Gasteiger partial charge on any atom is 0.320 e. The van der Waals surface area contributed by atoms with Crippen molar-refractivity contribution >= 4 is 41.2 Å². The van der Waals surface area contributed by atoms with Crippen LogP contribution < -0.4 is 26.0 Å². The number of nitrogens with one attached hydrogen (secondary N) is 2. The lowest BCUT2D eigenvalue weighted by Crippen LogP contribution is -2.54. The molecule has 1 unspecified atom stereocenters. The maximum atomic E-state index is 13.8. The highest BCUT2D eigenvalue weighted by molar-refractivity contribution is 6.06. The molecule has 65 heavy (non-hydrogen) atoms. The zero-order chi connectivity index (χ0) is 44.6. The van der Waals surface area contributed by atoms with E-state index in [1.54, 1.807) is 4.90 Å². The van der Waals surface area contributed by atoms with Gasteiger partial charge in [-0.3, -0.25) is 29.4 Å². The summed E-state index contributed by atoms with van der Waals surface area (Å²) in [5.74, 6) is 1.74. The predicted octanol–water partition coefficient (Wildman–Crippen LogP) is 5.32. The fourth-order valence-corrected chi connectivity index (χ4v) is 10.9. The number of benzene rings is 3. The van der Waals surface area contributed by atoms with Gasteiger partial charge in [-0.2, -0.15) is 5.10 Å². The third-order valence-corrected chi connectivity index (χ3v) is 14.6. The van der Waals surface area contributed by atoms with E-state index in [1.165, 1.54) is 0 Å². The number of hydrogen-bond acceptors (Lipinski definition) is 10. The molecule has 4 aromatic rings. The average molecular weight is 883 g/mol. The normalized spacial score (nSPS) is 22.1. The van der Waals surface area contributed by atoms with Crippen molar-refractivity contribution in [3.8, 4) is 22.8 Å². The Hall–Kier alpha value is -6.42. The number of amides is 6. The largest absolute Gasteiger partial charge is 0.457 e. The maximum absolute atomic E-state index is 13.8. The molecule has 3 aromatic carbocycles. The van der Waals surface area contributed by atoms with Gasteiger partial charge in [-0.15, -0.1) is 0 Å². The first-order valence-corrected chi connectivity index (χ1v) is 23.4. The highest BCUT2D eigenvalue weighted by Crippen LogP contribution is 2.41. The van der Waals surface area contributed by atoms with Crippen molar-refractivity contribution in [1.29, 1.82) is 0 Å². The predicted molar refractivity (Wildman–Crippen MR) is 245 cm³/mol. The second kappa shape index (κ2) is 18.2. The number of rotatable bonds is 10. The molecule has 2 atom stereocenters. The van der Waals surface area contributed by atoms with E-state index in [2.05, 4.69) is 26.5 Å². The van der Waals surface area contributed by atoms with Gasteiger partial charge in [0.25, 0.3) is 11.8 Å². The summed E-state index contributed by atoms with van der Waals surface area (Å²) >= 11 is 0. The number of ether oxygens (including phenoxy) is 1. The van der Waals surface area contributed by atoms with Gasteiger partial charge in [0.1, 0.15) is 34.6 Å². The average Bonchev–Trinajstić information content (AvgIpc) is 3.89. The minimum absolute atomic E-state index is 0.0951. The summed E-state index contributed by atoms with van der Waals surface area (Å²) < 4.78 is 7.97. The van der Waals surface area contributed by atoms with Crippen LogP contribution in [0.1, 0.15) is 83.7 Å². The number of nitrogens with two attached hydrogens (primary N) is 1. The molecule has 1 aromatic heterocycles. The number of hydrogen-bond donors (Lipinski definition) is 3. The molecule has 0 bridgehead atoms. The SMILES string of the molecule is NC(=O)c1c(-c2ccc(Oc3ccccc3)cc2)nn2c1NCC[C@H]2C1CCN(C(=O)N2CCN(CCC3CCN(c4ccc5c(c4)CN(C4CCC(=O)NC4=O)C5=O)CC3)CC2)CC1. The number of para-hydroxylation sites is 1. The van der Waals surface area contributed by atoms with E-state index in [9.17, 15) is 24.0 Å². The summed E-state index contributed by atoms with van der Waals surface area (Å²) in [5.41, 5.74) is 10.4. The monoisotopic (exact) mass is 882 g/mol. The van der Waals surface area contributed by atoms with Crippen LogP contribution in [-0.2, 0) is 16.1 Å². The molecule has 10 rings (SSSR count). The van der Waals surface area contributed by atoms with E-state index in [4.69, 9.17) is 15.6 Å². The molecule has 6 aliphatic rings. The van der Waals surface area contributed by atoms with Crippen molar-refractivity contribution in [2.75, 3.05) is 75.7 Å². The Labute approximate surface area is 379 Å². The first-order chi connectivity index (χ1) is 31.7. The molecule has 0 aliphatic carbocycles. The van der Waals surface area contributed by atoms with Crippen molar-refractivity contribution < 1.29 is 28.7 Å². The van der Waals surface area contributed by atoms with Gasteiger partial charge in [0, 0.05) is 88.7 Å². The number of piperazine rings is 1. The Bertz CT molecular complexity index is 2430. The summed E-state index contributed by atoms with van der Waals surface area (Å²) in [6.07, 6.45) is 6.59. The number of anilines is 2. The molecule has 0 radical (unpaired) electrons. The van der Waals surface area contributed by atoms with Crippen LogP contribution in [0.2, 0.25) is 0 Å². The van der Waals surface area contributed by atoms with Crippen molar-refractivity contribution in [2.24, 2.45) is 17.6 Å². The number of likely N-dealkylation sites (tertiary alicyclic amines) is 1. The Morgan fingerprint density at radius 1 is 0.785 bits per heavy atom. The summed E-state index contributed by atoms with van der Waals surface area (Å²) in [4.78, 5) is 74.6. The van der Waals surface area contributed by atoms with Gasteiger partial charge in [-0.1, -0.05) is 18.2 Å². The second-order valence-electron chi connectivity index (χ2n) is 18.5. The van der Waals surface area contributed by atoms with Crippen molar-refractivity contribution in [3.05, 3.63) is 89.5 Å². The van der Waals surface area contributed by atoms with Crippen molar-refractivity contribution in [2.45, 2.75) is 70.0 Å². The van der Waals surface area contributed by atoms with Crippen LogP contribution >= 0.6 is 0 Å². The number of primary amides is 1.